The zero-order valence-electron chi connectivity index (χ0n) is 15.8. The van der Waals surface area contributed by atoms with Gasteiger partial charge < -0.3 is 9.84 Å². The third kappa shape index (κ3) is 3.16. The van der Waals surface area contributed by atoms with E-state index in [0.29, 0.717) is 18.0 Å². The van der Waals surface area contributed by atoms with Crippen molar-refractivity contribution in [2.24, 2.45) is 5.92 Å². The first kappa shape index (κ1) is 17.5. The van der Waals surface area contributed by atoms with Crippen molar-refractivity contribution < 1.29 is 14.1 Å². The van der Waals surface area contributed by atoms with Gasteiger partial charge in [-0.1, -0.05) is 35.5 Å². The molecule has 2 aliphatic rings. The molecule has 8 heteroatoms. The van der Waals surface area contributed by atoms with Crippen LogP contribution < -0.4 is 10.2 Å². The Balaban J connectivity index is 1.32. The van der Waals surface area contributed by atoms with Gasteiger partial charge in [-0.15, -0.1) is 0 Å². The summed E-state index contributed by atoms with van der Waals surface area (Å²) in [5.74, 6) is 0.686. The number of hydrogen-bond acceptors (Lipinski definition) is 6. The Labute approximate surface area is 166 Å². The number of rotatable bonds is 4. The highest BCUT2D eigenvalue weighted by Crippen LogP contribution is 2.53. The first-order chi connectivity index (χ1) is 14.1. The zero-order chi connectivity index (χ0) is 20.0. The van der Waals surface area contributed by atoms with Crippen LogP contribution in [0.3, 0.4) is 0 Å². The quantitative estimate of drug-likeness (QED) is 0.732. The summed E-state index contributed by atoms with van der Waals surface area (Å²) in [5, 5.41) is 6.74. The second-order valence-corrected chi connectivity index (χ2v) is 7.46. The average molecular weight is 389 g/mol. The molecule has 146 valence electrons. The standard InChI is InChI=1S/C21H19N5O3/c1-26-19-17(22-7-8-23-19)14-11-15(14)18(21(26)28)24-20(27)16-10-13(29-25-16)9-12-5-3-2-4-6-12/h2-8,10,14-15,18H,9,11H2,1H3,(H,24,27)/t14?,15-,18-/m1/s1. The van der Waals surface area contributed by atoms with Crippen LogP contribution in [0.25, 0.3) is 0 Å². The van der Waals surface area contributed by atoms with Gasteiger partial charge in [0.2, 0.25) is 0 Å². The van der Waals surface area contributed by atoms with Crippen molar-refractivity contribution in [2.75, 3.05) is 11.9 Å². The number of carbonyl (C=O) groups is 2. The summed E-state index contributed by atoms with van der Waals surface area (Å²) in [6.45, 7) is 0. The highest BCUT2D eigenvalue weighted by atomic mass is 16.5. The Hall–Kier alpha value is -3.55. The molecule has 1 fully saturated rings. The number of nitrogens with one attached hydrogen (secondary N) is 1. The van der Waals surface area contributed by atoms with Crippen molar-refractivity contribution in [2.45, 2.75) is 24.8 Å². The van der Waals surface area contributed by atoms with Crippen molar-refractivity contribution in [3.63, 3.8) is 0 Å². The Bertz CT molecular complexity index is 1080. The molecule has 2 aromatic heterocycles. The van der Waals surface area contributed by atoms with Crippen LogP contribution in [0.2, 0.25) is 0 Å². The molecule has 1 saturated carbocycles. The van der Waals surface area contributed by atoms with Crippen molar-refractivity contribution in [1.29, 1.82) is 0 Å². The highest BCUT2D eigenvalue weighted by Gasteiger charge is 2.53. The largest absolute Gasteiger partial charge is 0.360 e. The van der Waals surface area contributed by atoms with E-state index >= 15 is 0 Å². The molecule has 5 rings (SSSR count). The van der Waals surface area contributed by atoms with Crippen LogP contribution >= 0.6 is 0 Å². The maximum absolute atomic E-state index is 13.0. The molecule has 1 aliphatic heterocycles. The second kappa shape index (κ2) is 6.80. The first-order valence-corrected chi connectivity index (χ1v) is 9.50. The summed E-state index contributed by atoms with van der Waals surface area (Å²) in [5.41, 5.74) is 2.05. The van der Waals surface area contributed by atoms with Crippen molar-refractivity contribution in [1.82, 2.24) is 20.4 Å². The maximum atomic E-state index is 13.0. The summed E-state index contributed by atoms with van der Waals surface area (Å²) < 4.78 is 5.31. The average Bonchev–Trinajstić information content (AvgIpc) is 3.41. The lowest BCUT2D eigenvalue weighted by molar-refractivity contribution is -0.120. The third-order valence-electron chi connectivity index (χ3n) is 5.54. The molecular formula is C21H19N5O3. The van der Waals surface area contributed by atoms with E-state index in [-0.39, 0.29) is 23.4 Å². The fourth-order valence-electron chi connectivity index (χ4n) is 3.94. The predicted octanol–water partition coefficient (Wildman–Crippen LogP) is 1.93. The number of fused-ring (bicyclic) bond motifs is 3. The molecule has 0 bridgehead atoms. The number of anilines is 1. The number of amides is 2. The summed E-state index contributed by atoms with van der Waals surface area (Å²) in [7, 11) is 1.66. The highest BCUT2D eigenvalue weighted by molar-refractivity contribution is 6.02. The fraction of sp³-hybridized carbons (Fsp3) is 0.286. The Kier molecular flexibility index (Phi) is 4.12. The molecule has 3 atom stereocenters. The van der Waals surface area contributed by atoms with Crippen LogP contribution in [0, 0.1) is 5.92 Å². The van der Waals surface area contributed by atoms with E-state index in [0.717, 1.165) is 17.7 Å². The minimum absolute atomic E-state index is 0.0162. The molecule has 0 radical (unpaired) electrons. The van der Waals surface area contributed by atoms with E-state index in [1.165, 1.54) is 4.90 Å². The normalized spacial score (nSPS) is 22.4. The monoisotopic (exact) mass is 389 g/mol. The lowest BCUT2D eigenvalue weighted by Crippen LogP contribution is -2.48. The van der Waals surface area contributed by atoms with Crippen LogP contribution in [0.5, 0.6) is 0 Å². The van der Waals surface area contributed by atoms with Gasteiger partial charge in [-0.2, -0.15) is 0 Å². The molecular weight excluding hydrogens is 370 g/mol. The van der Waals surface area contributed by atoms with Gasteiger partial charge in [0.15, 0.2) is 11.5 Å². The van der Waals surface area contributed by atoms with E-state index in [4.69, 9.17) is 4.52 Å². The minimum atomic E-state index is -0.636. The lowest BCUT2D eigenvalue weighted by atomic mass is 10.1. The van der Waals surface area contributed by atoms with Gasteiger partial charge in [0.05, 0.1) is 5.69 Å². The van der Waals surface area contributed by atoms with Gasteiger partial charge in [0.1, 0.15) is 11.8 Å². The van der Waals surface area contributed by atoms with E-state index < -0.39 is 11.9 Å². The number of carbonyl (C=O) groups excluding carboxylic acids is 2. The van der Waals surface area contributed by atoms with Crippen LogP contribution in [0.4, 0.5) is 5.82 Å². The fourth-order valence-corrected chi connectivity index (χ4v) is 3.94. The van der Waals surface area contributed by atoms with Crippen molar-refractivity contribution in [3.8, 4) is 0 Å². The Morgan fingerprint density at radius 2 is 2.03 bits per heavy atom. The van der Waals surface area contributed by atoms with E-state index in [9.17, 15) is 9.59 Å². The second-order valence-electron chi connectivity index (χ2n) is 7.46. The number of hydrogen-bond donors (Lipinski definition) is 1. The smallest absolute Gasteiger partial charge is 0.274 e. The molecule has 3 aromatic rings. The van der Waals surface area contributed by atoms with E-state index in [1.54, 1.807) is 25.5 Å². The van der Waals surface area contributed by atoms with Gasteiger partial charge >= 0.3 is 0 Å². The number of aromatic nitrogens is 3. The molecule has 0 saturated heterocycles. The molecule has 1 aliphatic carbocycles. The molecule has 1 unspecified atom stereocenters. The van der Waals surface area contributed by atoms with Gasteiger partial charge in [-0.25, -0.2) is 4.98 Å². The first-order valence-electron chi connectivity index (χ1n) is 9.50. The molecule has 3 heterocycles. The Morgan fingerprint density at radius 3 is 2.86 bits per heavy atom. The molecule has 2 amide bonds. The topological polar surface area (TPSA) is 101 Å². The van der Waals surface area contributed by atoms with Crippen LogP contribution in [-0.4, -0.2) is 40.0 Å². The van der Waals surface area contributed by atoms with Gasteiger partial charge in [-0.3, -0.25) is 19.5 Å². The number of benzene rings is 1. The van der Waals surface area contributed by atoms with Crippen LogP contribution in [0.1, 0.15) is 39.8 Å². The summed E-state index contributed by atoms with van der Waals surface area (Å²) >= 11 is 0. The molecule has 29 heavy (non-hydrogen) atoms. The van der Waals surface area contributed by atoms with E-state index in [2.05, 4.69) is 20.4 Å². The summed E-state index contributed by atoms with van der Waals surface area (Å²) in [6, 6.07) is 10.8. The summed E-state index contributed by atoms with van der Waals surface area (Å²) in [6.07, 6.45) is 4.55. The molecule has 1 N–H and O–H groups in total. The summed E-state index contributed by atoms with van der Waals surface area (Å²) in [4.78, 5) is 35.9. The Morgan fingerprint density at radius 1 is 1.24 bits per heavy atom. The molecule has 0 spiro atoms. The predicted molar refractivity (Wildman–Crippen MR) is 103 cm³/mol. The lowest BCUT2D eigenvalue weighted by Gasteiger charge is -2.22. The van der Waals surface area contributed by atoms with Crippen LogP contribution in [-0.2, 0) is 11.2 Å². The minimum Gasteiger partial charge on any atom is -0.360 e. The van der Waals surface area contributed by atoms with Gasteiger partial charge in [0, 0.05) is 37.8 Å². The van der Waals surface area contributed by atoms with Crippen molar-refractivity contribution in [3.05, 3.63) is 71.5 Å². The van der Waals surface area contributed by atoms with Crippen LogP contribution in [0.15, 0.2) is 53.3 Å². The van der Waals surface area contributed by atoms with Crippen molar-refractivity contribution >= 4 is 17.6 Å². The zero-order valence-corrected chi connectivity index (χ0v) is 15.8. The number of likely N-dealkylation sites (N-methyl/N-ethyl adjacent to an activating group) is 1. The maximum Gasteiger partial charge on any atom is 0.274 e. The third-order valence-corrected chi connectivity index (χ3v) is 5.54. The molecule has 1 aromatic carbocycles. The van der Waals surface area contributed by atoms with Gasteiger partial charge in [-0.05, 0) is 17.9 Å². The number of nitrogens with zero attached hydrogens (tertiary/aromatic N) is 4. The van der Waals surface area contributed by atoms with E-state index in [1.807, 2.05) is 30.3 Å². The molecule has 8 nitrogen and oxygen atoms in total. The van der Waals surface area contributed by atoms with Gasteiger partial charge in [0.25, 0.3) is 11.8 Å². The SMILES string of the molecule is CN1C(=O)[C@H](NC(=O)c2cc(Cc3ccccc3)on2)[C@@H]2CC2c2nccnc21.